The van der Waals surface area contributed by atoms with E-state index in [1.165, 1.54) is 0 Å². The van der Waals surface area contributed by atoms with Crippen molar-refractivity contribution in [2.24, 2.45) is 0 Å². The summed E-state index contributed by atoms with van der Waals surface area (Å²) in [6.07, 6.45) is 2.09. The van der Waals surface area contributed by atoms with E-state index in [1.54, 1.807) is 30.6 Å². The number of methoxy groups -OCH3 is 1. The highest BCUT2D eigenvalue weighted by atomic mass is 35.5. The number of nitrogens with zero attached hydrogens (tertiary/aromatic N) is 1. The molecule has 0 amide bonds. The summed E-state index contributed by atoms with van der Waals surface area (Å²) in [6, 6.07) is 22.9. The van der Waals surface area contributed by atoms with Gasteiger partial charge < -0.3 is 9.47 Å². The summed E-state index contributed by atoms with van der Waals surface area (Å²) in [7, 11) is 1.63. The van der Waals surface area contributed by atoms with Gasteiger partial charge in [0.25, 0.3) is 0 Å². The summed E-state index contributed by atoms with van der Waals surface area (Å²) in [5.74, 6) is 0.457. The molecule has 0 bridgehead atoms. The first-order valence-corrected chi connectivity index (χ1v) is 10.9. The van der Waals surface area contributed by atoms with Crippen LogP contribution in [0.15, 0.2) is 72.8 Å². The number of fused-ring (bicyclic) bond motifs is 1. The lowest BCUT2D eigenvalue weighted by atomic mass is 10.1. The summed E-state index contributed by atoms with van der Waals surface area (Å²) < 4.78 is 11.8. The molecule has 1 heterocycles. The zero-order valence-electron chi connectivity index (χ0n) is 16.9. The van der Waals surface area contributed by atoms with E-state index < -0.39 is 0 Å². The zero-order chi connectivity index (χ0) is 21.6. The smallest absolute Gasteiger partial charge is 0.310 e. The van der Waals surface area contributed by atoms with Crippen LogP contribution in [0.4, 0.5) is 0 Å². The molecule has 1 aromatic heterocycles. The highest BCUT2D eigenvalue weighted by Gasteiger charge is 2.15. The predicted octanol–water partition coefficient (Wildman–Crippen LogP) is 6.63. The molecule has 0 spiro atoms. The molecule has 0 radical (unpaired) electrons. The number of hydrogen-bond donors (Lipinski definition) is 0. The molecule has 4 aromatic rings. The van der Waals surface area contributed by atoms with Gasteiger partial charge in [0.2, 0.25) is 0 Å². The largest absolute Gasteiger partial charge is 0.497 e. The van der Waals surface area contributed by atoms with Crippen LogP contribution in [-0.2, 0) is 16.1 Å². The molecule has 0 aliphatic carbocycles. The van der Waals surface area contributed by atoms with E-state index in [1.807, 2.05) is 66.7 Å². The molecular formula is C25H20ClNO3S. The first kappa shape index (κ1) is 21.1. The molecule has 0 N–H and O–H groups in total. The Bertz CT molecular complexity index is 1200. The molecule has 4 rings (SSSR count). The Balaban J connectivity index is 1.58. The molecule has 0 saturated heterocycles. The van der Waals surface area contributed by atoms with Gasteiger partial charge in [-0.3, -0.25) is 4.79 Å². The third kappa shape index (κ3) is 5.51. The highest BCUT2D eigenvalue weighted by molar-refractivity contribution is 7.19. The van der Waals surface area contributed by atoms with E-state index in [4.69, 9.17) is 26.1 Å². The standard InChI is InChI=1S/C25H20ClNO3S/c1-29-21-11-9-17(10-12-21)13-19(25-27-22-7-2-3-8-23(22)31-25)15-24(28)30-16-18-5-4-6-20(26)14-18/h2-14H,15-16H2,1H3/b19-13-. The Hall–Kier alpha value is -3.15. The number of para-hydroxylation sites is 1. The second-order valence-corrected chi connectivity index (χ2v) is 8.36. The summed E-state index contributed by atoms with van der Waals surface area (Å²) >= 11 is 7.57. The Morgan fingerprint density at radius 3 is 2.61 bits per heavy atom. The van der Waals surface area contributed by atoms with Crippen LogP contribution in [0.25, 0.3) is 21.9 Å². The van der Waals surface area contributed by atoms with Crippen LogP contribution >= 0.6 is 22.9 Å². The van der Waals surface area contributed by atoms with Gasteiger partial charge in [0.05, 0.1) is 23.7 Å². The maximum Gasteiger partial charge on any atom is 0.310 e. The van der Waals surface area contributed by atoms with E-state index in [0.717, 1.165) is 37.7 Å². The number of thiazole rings is 1. The SMILES string of the molecule is COc1ccc(/C=C(/CC(=O)OCc2cccc(Cl)c2)c2nc3ccccc3s2)cc1. The Kier molecular flexibility index (Phi) is 6.65. The number of esters is 1. The molecular weight excluding hydrogens is 430 g/mol. The lowest BCUT2D eigenvalue weighted by molar-refractivity contribution is -0.143. The molecule has 31 heavy (non-hydrogen) atoms. The number of aromatic nitrogens is 1. The van der Waals surface area contributed by atoms with Crippen LogP contribution in [-0.4, -0.2) is 18.1 Å². The number of ether oxygens (including phenoxy) is 2. The van der Waals surface area contributed by atoms with Gasteiger partial charge in [0.15, 0.2) is 0 Å². The number of carbonyl (C=O) groups is 1. The first-order valence-electron chi connectivity index (χ1n) is 9.71. The molecule has 0 aliphatic rings. The minimum absolute atomic E-state index is 0.117. The number of carbonyl (C=O) groups excluding carboxylic acids is 1. The Morgan fingerprint density at radius 2 is 1.87 bits per heavy atom. The van der Waals surface area contributed by atoms with Crippen molar-refractivity contribution >= 4 is 50.8 Å². The van der Waals surface area contributed by atoms with Gasteiger partial charge in [-0.1, -0.05) is 48.0 Å². The third-order valence-electron chi connectivity index (χ3n) is 4.65. The van der Waals surface area contributed by atoms with Gasteiger partial charge in [-0.2, -0.15) is 0 Å². The van der Waals surface area contributed by atoms with Gasteiger partial charge >= 0.3 is 5.97 Å². The molecule has 0 unspecified atom stereocenters. The predicted molar refractivity (Wildman–Crippen MR) is 126 cm³/mol. The average molecular weight is 450 g/mol. The van der Waals surface area contributed by atoms with Crippen molar-refractivity contribution in [2.75, 3.05) is 7.11 Å². The van der Waals surface area contributed by atoms with Crippen LogP contribution in [0.3, 0.4) is 0 Å². The molecule has 0 atom stereocenters. The number of halogens is 1. The minimum atomic E-state index is -0.320. The molecule has 156 valence electrons. The maximum atomic E-state index is 12.7. The van der Waals surface area contributed by atoms with Gasteiger partial charge in [-0.05, 0) is 59.2 Å². The highest BCUT2D eigenvalue weighted by Crippen LogP contribution is 2.31. The zero-order valence-corrected chi connectivity index (χ0v) is 18.5. The fourth-order valence-electron chi connectivity index (χ4n) is 3.10. The number of benzene rings is 3. The molecule has 6 heteroatoms. The molecule has 0 saturated carbocycles. The van der Waals surface area contributed by atoms with Gasteiger partial charge in [-0.15, -0.1) is 11.3 Å². The van der Waals surface area contributed by atoms with Crippen molar-refractivity contribution < 1.29 is 14.3 Å². The number of rotatable bonds is 7. The van der Waals surface area contributed by atoms with Crippen molar-refractivity contribution in [1.29, 1.82) is 0 Å². The fourth-order valence-corrected chi connectivity index (χ4v) is 4.29. The third-order valence-corrected chi connectivity index (χ3v) is 6.00. The normalized spacial score (nSPS) is 11.5. The average Bonchev–Trinajstić information content (AvgIpc) is 3.22. The van der Waals surface area contributed by atoms with Gasteiger partial charge in [-0.25, -0.2) is 4.98 Å². The lowest BCUT2D eigenvalue weighted by Crippen LogP contribution is -2.05. The topological polar surface area (TPSA) is 48.4 Å². The molecule has 0 fully saturated rings. The van der Waals surface area contributed by atoms with Crippen LogP contribution in [0.5, 0.6) is 5.75 Å². The van der Waals surface area contributed by atoms with E-state index in [-0.39, 0.29) is 19.0 Å². The number of hydrogen-bond acceptors (Lipinski definition) is 5. The first-order chi connectivity index (χ1) is 15.1. The maximum absolute atomic E-state index is 12.7. The molecule has 3 aromatic carbocycles. The van der Waals surface area contributed by atoms with Crippen LogP contribution in [0, 0.1) is 0 Å². The van der Waals surface area contributed by atoms with Gasteiger partial charge in [0.1, 0.15) is 17.4 Å². The van der Waals surface area contributed by atoms with Crippen molar-refractivity contribution in [2.45, 2.75) is 13.0 Å². The van der Waals surface area contributed by atoms with Crippen molar-refractivity contribution in [3.63, 3.8) is 0 Å². The van der Waals surface area contributed by atoms with Crippen LogP contribution in [0.2, 0.25) is 5.02 Å². The monoisotopic (exact) mass is 449 g/mol. The van der Waals surface area contributed by atoms with E-state index in [2.05, 4.69) is 0 Å². The summed E-state index contributed by atoms with van der Waals surface area (Å²) in [5.41, 5.74) is 3.53. The Labute approximate surface area is 189 Å². The lowest BCUT2D eigenvalue weighted by Gasteiger charge is -2.08. The summed E-state index contributed by atoms with van der Waals surface area (Å²) in [5, 5.41) is 1.42. The van der Waals surface area contributed by atoms with Crippen LogP contribution < -0.4 is 4.74 Å². The summed E-state index contributed by atoms with van der Waals surface area (Å²) in [6.45, 7) is 0.176. The van der Waals surface area contributed by atoms with Crippen molar-refractivity contribution in [1.82, 2.24) is 4.98 Å². The second-order valence-electron chi connectivity index (χ2n) is 6.90. The van der Waals surface area contributed by atoms with E-state index >= 15 is 0 Å². The Morgan fingerprint density at radius 1 is 1.06 bits per heavy atom. The second kappa shape index (κ2) is 9.77. The summed E-state index contributed by atoms with van der Waals surface area (Å²) in [4.78, 5) is 17.4. The van der Waals surface area contributed by atoms with Crippen molar-refractivity contribution in [3.8, 4) is 5.75 Å². The fraction of sp³-hybridized carbons (Fsp3) is 0.120. The van der Waals surface area contributed by atoms with E-state index in [0.29, 0.717) is 5.02 Å². The molecule has 4 nitrogen and oxygen atoms in total. The van der Waals surface area contributed by atoms with Crippen molar-refractivity contribution in [3.05, 3.63) is 94.0 Å². The minimum Gasteiger partial charge on any atom is -0.497 e. The van der Waals surface area contributed by atoms with Crippen LogP contribution in [0.1, 0.15) is 22.6 Å². The molecule has 0 aliphatic heterocycles. The quantitative estimate of drug-likeness (QED) is 0.297. The van der Waals surface area contributed by atoms with E-state index in [9.17, 15) is 4.79 Å². The van der Waals surface area contributed by atoms with Gasteiger partial charge in [0, 0.05) is 5.02 Å².